The zero-order valence-corrected chi connectivity index (χ0v) is 10.7. The molecule has 4 rings (SSSR count). The van der Waals surface area contributed by atoms with Crippen LogP contribution in [0.15, 0.2) is 47.1 Å². The van der Waals surface area contributed by atoms with Gasteiger partial charge in [-0.2, -0.15) is 4.98 Å². The number of rotatable bonds is 2. The van der Waals surface area contributed by atoms with Crippen LogP contribution in [0.1, 0.15) is 5.56 Å². The second-order valence-corrected chi connectivity index (χ2v) is 4.69. The summed E-state index contributed by atoms with van der Waals surface area (Å²) in [5, 5.41) is 7.33. The number of benzene rings is 1. The molecular formula is C15H12N4O. The standard InChI is InChI=1S/C15H12N4O/c1-2-7-16-12(3-1)14-18-15(20-19-14)11-5-4-10-6-8-17-13(10)9-11/h1-5,7,9,17H,6,8H2. The fraction of sp³-hybridized carbons (Fsp3) is 0.133. The molecule has 0 aliphatic carbocycles. The van der Waals surface area contributed by atoms with Gasteiger partial charge in [-0.25, -0.2) is 0 Å². The van der Waals surface area contributed by atoms with Crippen molar-refractivity contribution < 1.29 is 4.52 Å². The van der Waals surface area contributed by atoms with Gasteiger partial charge in [0.2, 0.25) is 5.82 Å². The van der Waals surface area contributed by atoms with Gasteiger partial charge in [0.25, 0.3) is 5.89 Å². The molecule has 0 spiro atoms. The molecule has 1 aromatic carbocycles. The topological polar surface area (TPSA) is 63.8 Å². The van der Waals surface area contributed by atoms with Crippen molar-refractivity contribution in [2.45, 2.75) is 6.42 Å². The summed E-state index contributed by atoms with van der Waals surface area (Å²) >= 11 is 0. The predicted octanol–water partition coefficient (Wildman–Crippen LogP) is 2.77. The lowest BCUT2D eigenvalue weighted by Gasteiger charge is -2.00. The SMILES string of the molecule is c1ccc(-c2noc(-c3ccc4c(c3)NCC4)n2)nc1. The summed E-state index contributed by atoms with van der Waals surface area (Å²) in [4.78, 5) is 8.62. The lowest BCUT2D eigenvalue weighted by Crippen LogP contribution is -1.91. The third-order valence-electron chi connectivity index (χ3n) is 3.39. The predicted molar refractivity (Wildman–Crippen MR) is 75.2 cm³/mol. The number of aromatic nitrogens is 3. The molecule has 5 heteroatoms. The highest BCUT2D eigenvalue weighted by molar-refractivity contribution is 5.67. The Labute approximate surface area is 115 Å². The normalized spacial score (nSPS) is 13.0. The van der Waals surface area contributed by atoms with Gasteiger partial charge in [-0.15, -0.1) is 0 Å². The first-order valence-electron chi connectivity index (χ1n) is 6.52. The molecule has 5 nitrogen and oxygen atoms in total. The minimum absolute atomic E-state index is 0.508. The van der Waals surface area contributed by atoms with Crippen LogP contribution in [-0.2, 0) is 6.42 Å². The molecule has 1 aliphatic rings. The summed E-state index contributed by atoms with van der Waals surface area (Å²) in [6.07, 6.45) is 2.78. The van der Waals surface area contributed by atoms with E-state index in [2.05, 4.69) is 32.6 Å². The zero-order valence-electron chi connectivity index (χ0n) is 10.7. The molecule has 0 saturated heterocycles. The van der Waals surface area contributed by atoms with Crippen LogP contribution in [0.5, 0.6) is 0 Å². The van der Waals surface area contributed by atoms with Crippen molar-refractivity contribution in [2.24, 2.45) is 0 Å². The van der Waals surface area contributed by atoms with Crippen LogP contribution in [0, 0.1) is 0 Å². The van der Waals surface area contributed by atoms with Crippen LogP contribution < -0.4 is 5.32 Å². The van der Waals surface area contributed by atoms with Crippen molar-refractivity contribution in [1.29, 1.82) is 0 Å². The average Bonchev–Trinajstić information content (AvgIpc) is 3.16. The Morgan fingerprint density at radius 1 is 1.15 bits per heavy atom. The molecule has 2 aromatic heterocycles. The van der Waals surface area contributed by atoms with Crippen LogP contribution in [0.25, 0.3) is 23.0 Å². The van der Waals surface area contributed by atoms with E-state index in [9.17, 15) is 0 Å². The quantitative estimate of drug-likeness (QED) is 0.771. The third-order valence-corrected chi connectivity index (χ3v) is 3.39. The van der Waals surface area contributed by atoms with Gasteiger partial charge < -0.3 is 9.84 Å². The van der Waals surface area contributed by atoms with E-state index in [-0.39, 0.29) is 0 Å². The van der Waals surface area contributed by atoms with Gasteiger partial charge in [0.15, 0.2) is 0 Å². The molecule has 1 aliphatic heterocycles. The minimum atomic E-state index is 0.508. The summed E-state index contributed by atoms with van der Waals surface area (Å²) < 4.78 is 5.34. The van der Waals surface area contributed by atoms with Gasteiger partial charge in [-0.1, -0.05) is 17.3 Å². The number of fused-ring (bicyclic) bond motifs is 1. The number of nitrogens with one attached hydrogen (secondary N) is 1. The zero-order chi connectivity index (χ0) is 13.4. The molecule has 0 unspecified atom stereocenters. The van der Waals surface area contributed by atoms with Crippen molar-refractivity contribution in [3.63, 3.8) is 0 Å². The number of anilines is 1. The van der Waals surface area contributed by atoms with E-state index in [4.69, 9.17) is 4.52 Å². The number of hydrogen-bond acceptors (Lipinski definition) is 5. The number of pyridine rings is 1. The van der Waals surface area contributed by atoms with E-state index in [1.54, 1.807) is 6.20 Å². The maximum absolute atomic E-state index is 5.34. The van der Waals surface area contributed by atoms with Crippen LogP contribution in [0.2, 0.25) is 0 Å². The first-order valence-corrected chi connectivity index (χ1v) is 6.52. The molecule has 0 atom stereocenters. The Balaban J connectivity index is 1.72. The van der Waals surface area contributed by atoms with Gasteiger partial charge in [-0.3, -0.25) is 4.98 Å². The number of nitrogens with zero attached hydrogens (tertiary/aromatic N) is 3. The fourth-order valence-corrected chi connectivity index (χ4v) is 2.36. The molecule has 0 bridgehead atoms. The third kappa shape index (κ3) is 1.84. The highest BCUT2D eigenvalue weighted by Crippen LogP contribution is 2.28. The van der Waals surface area contributed by atoms with E-state index >= 15 is 0 Å². The first kappa shape index (κ1) is 11.2. The highest BCUT2D eigenvalue weighted by atomic mass is 16.5. The van der Waals surface area contributed by atoms with Crippen LogP contribution in [0.3, 0.4) is 0 Å². The first-order chi connectivity index (χ1) is 9.90. The van der Waals surface area contributed by atoms with Gasteiger partial charge in [-0.05, 0) is 36.2 Å². The lowest BCUT2D eigenvalue weighted by molar-refractivity contribution is 0.432. The van der Waals surface area contributed by atoms with Crippen LogP contribution >= 0.6 is 0 Å². The molecule has 3 aromatic rings. The molecule has 0 radical (unpaired) electrons. The summed E-state index contributed by atoms with van der Waals surface area (Å²) in [6.45, 7) is 0.988. The molecule has 20 heavy (non-hydrogen) atoms. The fourth-order valence-electron chi connectivity index (χ4n) is 2.36. The Kier molecular flexibility index (Phi) is 2.48. The van der Waals surface area contributed by atoms with E-state index < -0.39 is 0 Å². The van der Waals surface area contributed by atoms with E-state index in [0.29, 0.717) is 17.4 Å². The smallest absolute Gasteiger partial charge is 0.258 e. The summed E-state index contributed by atoms with van der Waals surface area (Å²) in [6, 6.07) is 11.8. The monoisotopic (exact) mass is 264 g/mol. The maximum Gasteiger partial charge on any atom is 0.258 e. The summed E-state index contributed by atoms with van der Waals surface area (Å²) in [5.74, 6) is 1.02. The van der Waals surface area contributed by atoms with Crippen LogP contribution in [0.4, 0.5) is 5.69 Å². The minimum Gasteiger partial charge on any atom is -0.384 e. The molecule has 0 saturated carbocycles. The number of hydrogen-bond donors (Lipinski definition) is 1. The van der Waals surface area contributed by atoms with Gasteiger partial charge in [0.05, 0.1) is 0 Å². The van der Waals surface area contributed by atoms with Gasteiger partial charge in [0, 0.05) is 24.0 Å². The van der Waals surface area contributed by atoms with Crippen molar-refractivity contribution in [2.75, 3.05) is 11.9 Å². The molecule has 1 N–H and O–H groups in total. The van der Waals surface area contributed by atoms with E-state index in [1.165, 1.54) is 5.56 Å². The Morgan fingerprint density at radius 2 is 2.15 bits per heavy atom. The average molecular weight is 264 g/mol. The second kappa shape index (κ2) is 4.45. The van der Waals surface area contributed by atoms with Crippen molar-refractivity contribution >= 4 is 5.69 Å². The Morgan fingerprint density at radius 3 is 3.05 bits per heavy atom. The van der Waals surface area contributed by atoms with E-state index in [1.807, 2.05) is 24.3 Å². The largest absolute Gasteiger partial charge is 0.384 e. The molecule has 0 amide bonds. The molecular weight excluding hydrogens is 252 g/mol. The summed E-state index contributed by atoms with van der Waals surface area (Å²) in [5.41, 5.74) is 4.12. The van der Waals surface area contributed by atoms with Crippen molar-refractivity contribution in [3.05, 3.63) is 48.2 Å². The highest BCUT2D eigenvalue weighted by Gasteiger charge is 2.15. The van der Waals surface area contributed by atoms with Crippen molar-refractivity contribution in [1.82, 2.24) is 15.1 Å². The van der Waals surface area contributed by atoms with Crippen molar-refractivity contribution in [3.8, 4) is 23.0 Å². The lowest BCUT2D eigenvalue weighted by atomic mass is 10.1. The Hall–Kier alpha value is -2.69. The Bertz CT molecular complexity index is 752. The molecule has 3 heterocycles. The summed E-state index contributed by atoms with van der Waals surface area (Å²) in [7, 11) is 0. The van der Waals surface area contributed by atoms with Gasteiger partial charge in [0.1, 0.15) is 5.69 Å². The van der Waals surface area contributed by atoms with Crippen LogP contribution in [-0.4, -0.2) is 21.7 Å². The van der Waals surface area contributed by atoms with E-state index in [0.717, 1.165) is 24.2 Å². The second-order valence-electron chi connectivity index (χ2n) is 4.69. The maximum atomic E-state index is 5.34. The molecule has 0 fully saturated rings. The van der Waals surface area contributed by atoms with Gasteiger partial charge >= 0.3 is 0 Å². The molecule has 98 valence electrons.